The van der Waals surface area contributed by atoms with Crippen molar-refractivity contribution >= 4 is 23.6 Å². The Morgan fingerprint density at radius 1 is 1.08 bits per heavy atom. The number of likely N-dealkylation sites (tertiary alicyclic amines) is 1. The molecule has 0 radical (unpaired) electrons. The summed E-state index contributed by atoms with van der Waals surface area (Å²) < 4.78 is 0. The Morgan fingerprint density at radius 3 is 2.58 bits per heavy atom. The van der Waals surface area contributed by atoms with Crippen molar-refractivity contribution in [3.05, 3.63) is 29.8 Å². The summed E-state index contributed by atoms with van der Waals surface area (Å²) in [6.07, 6.45) is 9.96. The molecule has 2 amide bonds. The van der Waals surface area contributed by atoms with Crippen LogP contribution in [0.3, 0.4) is 0 Å². The molecule has 1 aromatic rings. The molecule has 1 aliphatic carbocycles. The van der Waals surface area contributed by atoms with Crippen LogP contribution in [0.5, 0.6) is 0 Å². The maximum Gasteiger partial charge on any atom is 0.252 e. The first-order valence-corrected chi connectivity index (χ1v) is 11.0. The van der Waals surface area contributed by atoms with Gasteiger partial charge in [-0.05, 0) is 43.7 Å². The van der Waals surface area contributed by atoms with E-state index in [0.29, 0.717) is 11.3 Å². The van der Waals surface area contributed by atoms with Gasteiger partial charge in [0.05, 0.1) is 11.3 Å². The normalized spacial score (nSPS) is 17.6. The maximum absolute atomic E-state index is 12.5. The van der Waals surface area contributed by atoms with Crippen LogP contribution < -0.4 is 5.32 Å². The van der Waals surface area contributed by atoms with Crippen LogP contribution in [0.25, 0.3) is 0 Å². The number of nitrogens with one attached hydrogen (secondary N) is 1. The van der Waals surface area contributed by atoms with Gasteiger partial charge in [0.2, 0.25) is 5.91 Å². The number of benzene rings is 1. The molecule has 142 valence electrons. The van der Waals surface area contributed by atoms with Gasteiger partial charge in [0.1, 0.15) is 0 Å². The lowest BCUT2D eigenvalue weighted by Crippen LogP contribution is -2.29. The molecule has 1 heterocycles. The van der Waals surface area contributed by atoms with E-state index in [2.05, 4.69) is 5.32 Å². The van der Waals surface area contributed by atoms with Crippen LogP contribution >= 0.6 is 11.8 Å². The van der Waals surface area contributed by atoms with E-state index in [1.165, 1.54) is 43.9 Å². The lowest BCUT2D eigenvalue weighted by Gasteiger charge is -2.15. The minimum Gasteiger partial charge on any atom is -0.352 e. The van der Waals surface area contributed by atoms with Crippen molar-refractivity contribution in [1.82, 2.24) is 10.2 Å². The van der Waals surface area contributed by atoms with Crippen molar-refractivity contribution in [2.24, 2.45) is 5.92 Å². The van der Waals surface area contributed by atoms with Gasteiger partial charge < -0.3 is 10.2 Å². The summed E-state index contributed by atoms with van der Waals surface area (Å²) in [4.78, 5) is 27.6. The Labute approximate surface area is 161 Å². The van der Waals surface area contributed by atoms with Crippen LogP contribution in [0.1, 0.15) is 61.7 Å². The molecular weight excluding hydrogens is 344 g/mol. The zero-order valence-corrected chi connectivity index (χ0v) is 16.4. The highest BCUT2D eigenvalue weighted by atomic mass is 32.2. The third-order valence-electron chi connectivity index (χ3n) is 5.49. The van der Waals surface area contributed by atoms with Gasteiger partial charge in [-0.25, -0.2) is 0 Å². The molecule has 2 fully saturated rings. The average molecular weight is 375 g/mol. The smallest absolute Gasteiger partial charge is 0.252 e. The summed E-state index contributed by atoms with van der Waals surface area (Å²) in [5, 5.41) is 3.06. The molecule has 0 unspecified atom stereocenters. The monoisotopic (exact) mass is 374 g/mol. The molecule has 26 heavy (non-hydrogen) atoms. The predicted octanol–water partition coefficient (Wildman–Crippen LogP) is 4.10. The van der Waals surface area contributed by atoms with E-state index in [1.54, 1.807) is 0 Å². The highest BCUT2D eigenvalue weighted by Crippen LogP contribution is 2.28. The number of carbonyl (C=O) groups is 2. The quantitative estimate of drug-likeness (QED) is 0.550. The minimum atomic E-state index is -0.0202. The highest BCUT2D eigenvalue weighted by Gasteiger charge is 2.19. The van der Waals surface area contributed by atoms with Crippen LogP contribution in [0.15, 0.2) is 29.2 Å². The zero-order valence-electron chi connectivity index (χ0n) is 15.5. The molecule has 3 rings (SSSR count). The standard InChI is InChI=1S/C21H30N2O2S/c24-20(23-14-5-6-15-23)16-26-19-12-4-3-11-18(19)21(25)22-13-7-10-17-8-1-2-9-17/h3-4,11-12,17H,1-2,5-10,13-16H2,(H,22,25). The molecule has 1 aliphatic heterocycles. The van der Waals surface area contributed by atoms with Gasteiger partial charge in [0.15, 0.2) is 0 Å². The van der Waals surface area contributed by atoms with Gasteiger partial charge >= 0.3 is 0 Å². The van der Waals surface area contributed by atoms with Crippen molar-refractivity contribution < 1.29 is 9.59 Å². The lowest BCUT2D eigenvalue weighted by atomic mass is 10.0. The first kappa shape index (κ1) is 19.3. The van der Waals surface area contributed by atoms with Crippen LogP contribution in [-0.4, -0.2) is 42.1 Å². The second-order valence-corrected chi connectivity index (χ2v) is 8.44. The summed E-state index contributed by atoms with van der Waals surface area (Å²) in [6.45, 7) is 2.49. The first-order valence-electron chi connectivity index (χ1n) is 10.0. The Morgan fingerprint density at radius 2 is 1.81 bits per heavy atom. The zero-order chi connectivity index (χ0) is 18.2. The molecule has 0 spiro atoms. The van der Waals surface area contributed by atoms with E-state index in [4.69, 9.17) is 0 Å². The van der Waals surface area contributed by atoms with Crippen LogP contribution in [0, 0.1) is 5.92 Å². The number of hydrogen-bond acceptors (Lipinski definition) is 3. The van der Waals surface area contributed by atoms with Crippen molar-refractivity contribution in [3.63, 3.8) is 0 Å². The second-order valence-electron chi connectivity index (χ2n) is 7.42. The van der Waals surface area contributed by atoms with Crippen LogP contribution in [0.4, 0.5) is 0 Å². The van der Waals surface area contributed by atoms with E-state index in [0.717, 1.165) is 49.7 Å². The molecular formula is C21H30N2O2S. The number of nitrogens with zero attached hydrogens (tertiary/aromatic N) is 1. The molecule has 5 heteroatoms. The van der Waals surface area contributed by atoms with E-state index in [9.17, 15) is 9.59 Å². The number of thioether (sulfide) groups is 1. The average Bonchev–Trinajstić information content (AvgIpc) is 3.37. The third-order valence-corrected chi connectivity index (χ3v) is 6.55. The molecule has 0 bridgehead atoms. The largest absolute Gasteiger partial charge is 0.352 e. The first-order chi connectivity index (χ1) is 12.7. The Hall–Kier alpha value is -1.49. The van der Waals surface area contributed by atoms with Crippen LogP contribution in [-0.2, 0) is 4.79 Å². The van der Waals surface area contributed by atoms with Gasteiger partial charge in [0.25, 0.3) is 5.91 Å². The van der Waals surface area contributed by atoms with Gasteiger partial charge in [-0.15, -0.1) is 11.8 Å². The number of rotatable bonds is 8. The molecule has 0 atom stereocenters. The Bertz CT molecular complexity index is 608. The lowest BCUT2D eigenvalue weighted by molar-refractivity contribution is -0.127. The summed E-state index contributed by atoms with van der Waals surface area (Å²) in [7, 11) is 0. The molecule has 1 N–H and O–H groups in total. The minimum absolute atomic E-state index is 0.0202. The van der Waals surface area contributed by atoms with Gasteiger partial charge in [-0.2, -0.15) is 0 Å². The van der Waals surface area contributed by atoms with Gasteiger partial charge in [0, 0.05) is 24.5 Å². The van der Waals surface area contributed by atoms with Crippen molar-refractivity contribution in [2.75, 3.05) is 25.4 Å². The topological polar surface area (TPSA) is 49.4 Å². The summed E-state index contributed by atoms with van der Waals surface area (Å²) in [6, 6.07) is 7.61. The molecule has 0 aromatic heterocycles. The predicted molar refractivity (Wildman–Crippen MR) is 107 cm³/mol. The van der Waals surface area contributed by atoms with Gasteiger partial charge in [-0.3, -0.25) is 9.59 Å². The van der Waals surface area contributed by atoms with E-state index in [-0.39, 0.29) is 11.8 Å². The summed E-state index contributed by atoms with van der Waals surface area (Å²) >= 11 is 1.48. The van der Waals surface area contributed by atoms with E-state index >= 15 is 0 Å². The second kappa shape index (κ2) is 10.0. The van der Waals surface area contributed by atoms with E-state index in [1.807, 2.05) is 29.2 Å². The molecule has 1 saturated heterocycles. The number of hydrogen-bond donors (Lipinski definition) is 1. The number of amides is 2. The van der Waals surface area contributed by atoms with Crippen molar-refractivity contribution in [2.45, 2.75) is 56.3 Å². The van der Waals surface area contributed by atoms with E-state index < -0.39 is 0 Å². The maximum atomic E-state index is 12.5. The number of carbonyl (C=O) groups excluding carboxylic acids is 2. The SMILES string of the molecule is O=C(NCCCC1CCCC1)c1ccccc1SCC(=O)N1CCCC1. The Balaban J connectivity index is 1.45. The van der Waals surface area contributed by atoms with Crippen LogP contribution in [0.2, 0.25) is 0 Å². The molecule has 2 aliphatic rings. The fourth-order valence-electron chi connectivity index (χ4n) is 3.96. The summed E-state index contributed by atoms with van der Waals surface area (Å²) in [5.41, 5.74) is 0.688. The highest BCUT2D eigenvalue weighted by molar-refractivity contribution is 8.00. The fourth-order valence-corrected chi connectivity index (χ4v) is 4.92. The molecule has 4 nitrogen and oxygen atoms in total. The summed E-state index contributed by atoms with van der Waals surface area (Å²) in [5.74, 6) is 1.44. The molecule has 1 saturated carbocycles. The van der Waals surface area contributed by atoms with Crippen molar-refractivity contribution in [3.8, 4) is 0 Å². The van der Waals surface area contributed by atoms with Crippen molar-refractivity contribution in [1.29, 1.82) is 0 Å². The molecule has 1 aromatic carbocycles. The Kier molecular flexibility index (Phi) is 7.42. The van der Waals surface area contributed by atoms with Gasteiger partial charge in [-0.1, -0.05) is 37.8 Å². The third kappa shape index (κ3) is 5.50. The fraction of sp³-hybridized carbons (Fsp3) is 0.619.